The van der Waals surface area contributed by atoms with E-state index in [4.69, 9.17) is 25.6 Å². The van der Waals surface area contributed by atoms with Crippen LogP contribution in [0.1, 0.15) is 56.8 Å². The Morgan fingerprint density at radius 1 is 0.925 bits per heavy atom. The first-order chi connectivity index (χ1) is 18.8. The highest BCUT2D eigenvalue weighted by Crippen LogP contribution is 2.44. The molecule has 4 heterocycles. The third-order valence-electron chi connectivity index (χ3n) is 8.16. The van der Waals surface area contributed by atoms with E-state index >= 15 is 0 Å². The van der Waals surface area contributed by atoms with E-state index in [1.165, 1.54) is 18.4 Å². The Balaban J connectivity index is 0.000000470. The normalized spacial score (nSPS) is 23.4. The van der Waals surface area contributed by atoms with Gasteiger partial charge in [0.1, 0.15) is 5.82 Å². The number of aryl methyl sites for hydroxylation is 1. The number of carbonyl (C=O) groups is 2. The molecule has 3 aliphatic rings. The first kappa shape index (κ1) is 29.5. The topological polar surface area (TPSA) is 129 Å². The first-order valence-electron chi connectivity index (χ1n) is 13.4. The number of fused-ring (bicyclic) bond motifs is 2. The third-order valence-corrected chi connectivity index (χ3v) is 8.16. The lowest BCUT2D eigenvalue weighted by atomic mass is 9.85. The summed E-state index contributed by atoms with van der Waals surface area (Å²) < 4.78 is 31.7. The molecule has 3 N–H and O–H groups in total. The Bertz CT molecular complexity index is 1190. The second kappa shape index (κ2) is 11.6. The Labute approximate surface area is 231 Å². The average Bonchev–Trinajstić information content (AvgIpc) is 3.17. The van der Waals surface area contributed by atoms with Crippen LogP contribution in [0.4, 0.5) is 25.1 Å². The van der Waals surface area contributed by atoms with Crippen molar-refractivity contribution < 1.29 is 27.9 Å². The molecular weight excluding hydrogens is 527 g/mol. The minimum atomic E-state index is -5.08. The van der Waals surface area contributed by atoms with E-state index in [0.29, 0.717) is 18.0 Å². The number of nitrogens with zero attached hydrogens (tertiary/aromatic N) is 6. The molecule has 0 radical (unpaired) electrons. The molecule has 3 atom stereocenters. The summed E-state index contributed by atoms with van der Waals surface area (Å²) in [4.78, 5) is 42.0. The predicted molar refractivity (Wildman–Crippen MR) is 143 cm³/mol. The van der Waals surface area contributed by atoms with Crippen LogP contribution in [0, 0.1) is 6.92 Å². The summed E-state index contributed by atoms with van der Waals surface area (Å²) >= 11 is 0. The van der Waals surface area contributed by atoms with E-state index in [1.807, 2.05) is 20.8 Å². The molecular formula is C27H36F3N7O3. The second-order valence-electron chi connectivity index (χ2n) is 11.1. The van der Waals surface area contributed by atoms with Crippen LogP contribution >= 0.6 is 0 Å². The molecule has 0 saturated carbocycles. The van der Waals surface area contributed by atoms with Crippen LogP contribution in [0.25, 0.3) is 0 Å². The van der Waals surface area contributed by atoms with Crippen molar-refractivity contribution >= 4 is 23.8 Å². The van der Waals surface area contributed by atoms with E-state index in [2.05, 4.69) is 50.0 Å². The van der Waals surface area contributed by atoms with Gasteiger partial charge in [-0.1, -0.05) is 30.3 Å². The number of aromatic nitrogens is 3. The highest BCUT2D eigenvalue weighted by molar-refractivity contribution is 5.83. The van der Waals surface area contributed by atoms with Gasteiger partial charge in [0, 0.05) is 38.3 Å². The van der Waals surface area contributed by atoms with Gasteiger partial charge in [0.05, 0.1) is 5.54 Å². The number of rotatable bonds is 5. The number of anilines is 2. The van der Waals surface area contributed by atoms with Gasteiger partial charge in [-0.3, -0.25) is 9.69 Å². The zero-order valence-electron chi connectivity index (χ0n) is 22.9. The average molecular weight is 564 g/mol. The number of benzene rings is 1. The zero-order chi connectivity index (χ0) is 29.2. The molecule has 2 bridgehead atoms. The molecule has 3 fully saturated rings. The van der Waals surface area contributed by atoms with Crippen molar-refractivity contribution in [2.45, 2.75) is 76.2 Å². The van der Waals surface area contributed by atoms with Crippen LogP contribution in [-0.4, -0.2) is 86.8 Å². The Morgan fingerprint density at radius 3 is 1.95 bits per heavy atom. The number of halogens is 3. The van der Waals surface area contributed by atoms with Crippen molar-refractivity contribution in [3.63, 3.8) is 0 Å². The van der Waals surface area contributed by atoms with Crippen molar-refractivity contribution in [3.8, 4) is 0 Å². The lowest BCUT2D eigenvalue weighted by Crippen LogP contribution is -2.60. The number of carboxylic acid groups (broad SMARTS) is 1. The maximum absolute atomic E-state index is 11.8. The molecule has 3 saturated heterocycles. The molecule has 5 rings (SSSR count). The number of amides is 1. The summed E-state index contributed by atoms with van der Waals surface area (Å²) in [5.74, 6) is -0.0883. The van der Waals surface area contributed by atoms with Gasteiger partial charge in [-0.2, -0.15) is 28.1 Å². The van der Waals surface area contributed by atoms with Crippen LogP contribution in [0.2, 0.25) is 0 Å². The molecule has 0 aliphatic carbocycles. The number of piperidine rings is 1. The SMILES string of the molecule is Cc1nc(N2CCN(C(C)(C)C(N)=O)CC2)nc(N2[C@@H]3CC[C@H]2CC(c2ccccc2)C3)n1.O=C(O)C(F)(F)F. The van der Waals surface area contributed by atoms with E-state index in [1.54, 1.807) is 0 Å². The minimum absolute atomic E-state index is 0.288. The van der Waals surface area contributed by atoms with E-state index in [-0.39, 0.29) is 5.91 Å². The lowest BCUT2D eigenvalue weighted by Gasteiger charge is -2.42. The highest BCUT2D eigenvalue weighted by atomic mass is 19.4. The molecule has 40 heavy (non-hydrogen) atoms. The minimum Gasteiger partial charge on any atom is -0.475 e. The smallest absolute Gasteiger partial charge is 0.475 e. The number of hydrogen-bond acceptors (Lipinski definition) is 8. The maximum Gasteiger partial charge on any atom is 0.490 e. The first-order valence-corrected chi connectivity index (χ1v) is 13.4. The van der Waals surface area contributed by atoms with E-state index < -0.39 is 17.7 Å². The molecule has 218 valence electrons. The van der Waals surface area contributed by atoms with Gasteiger partial charge in [-0.15, -0.1) is 0 Å². The number of carbonyl (C=O) groups excluding carboxylic acids is 1. The molecule has 1 aromatic heterocycles. The van der Waals surface area contributed by atoms with Crippen molar-refractivity contribution in [3.05, 3.63) is 41.7 Å². The number of hydrogen-bond donors (Lipinski definition) is 2. The Hall–Kier alpha value is -3.48. The predicted octanol–water partition coefficient (Wildman–Crippen LogP) is 3.11. The summed E-state index contributed by atoms with van der Waals surface area (Å²) in [5, 5.41) is 7.12. The number of aliphatic carboxylic acids is 1. The molecule has 1 unspecified atom stereocenters. The van der Waals surface area contributed by atoms with E-state index in [9.17, 15) is 18.0 Å². The van der Waals surface area contributed by atoms with Gasteiger partial charge in [0.15, 0.2) is 0 Å². The molecule has 10 nitrogen and oxygen atoms in total. The monoisotopic (exact) mass is 563 g/mol. The highest BCUT2D eigenvalue weighted by Gasteiger charge is 2.43. The van der Waals surface area contributed by atoms with Gasteiger partial charge in [0.2, 0.25) is 17.8 Å². The molecule has 1 aromatic carbocycles. The second-order valence-corrected chi connectivity index (χ2v) is 11.1. The number of piperazine rings is 1. The number of primary amides is 1. The fourth-order valence-electron chi connectivity index (χ4n) is 5.83. The number of carboxylic acids is 1. The lowest BCUT2D eigenvalue weighted by molar-refractivity contribution is -0.192. The number of alkyl halides is 3. The van der Waals surface area contributed by atoms with E-state index in [0.717, 1.165) is 56.7 Å². The maximum atomic E-state index is 11.8. The Kier molecular flexibility index (Phi) is 8.52. The summed E-state index contributed by atoms with van der Waals surface area (Å²) in [6.07, 6.45) is -0.368. The fraction of sp³-hybridized carbons (Fsp3) is 0.593. The largest absolute Gasteiger partial charge is 0.490 e. The van der Waals surface area contributed by atoms with Crippen molar-refractivity contribution in [1.82, 2.24) is 19.9 Å². The fourth-order valence-corrected chi connectivity index (χ4v) is 5.83. The third kappa shape index (κ3) is 6.45. The van der Waals surface area contributed by atoms with Gasteiger partial charge >= 0.3 is 12.1 Å². The molecule has 1 amide bonds. The summed E-state index contributed by atoms with van der Waals surface area (Å²) in [6.45, 7) is 8.79. The molecule has 3 aliphatic heterocycles. The van der Waals surface area contributed by atoms with Gasteiger partial charge in [-0.05, 0) is 57.9 Å². The van der Waals surface area contributed by atoms with Crippen LogP contribution in [0.15, 0.2) is 30.3 Å². The molecule has 2 aromatic rings. The van der Waals surface area contributed by atoms with Crippen molar-refractivity contribution in [2.75, 3.05) is 36.0 Å². The summed E-state index contributed by atoms with van der Waals surface area (Å²) in [7, 11) is 0. The Morgan fingerprint density at radius 2 is 1.45 bits per heavy atom. The van der Waals surface area contributed by atoms with Gasteiger partial charge in [0.25, 0.3) is 0 Å². The van der Waals surface area contributed by atoms with Crippen LogP contribution in [0.3, 0.4) is 0 Å². The van der Waals surface area contributed by atoms with Crippen molar-refractivity contribution in [1.29, 1.82) is 0 Å². The zero-order valence-corrected chi connectivity index (χ0v) is 22.9. The molecule has 0 spiro atoms. The van der Waals surface area contributed by atoms with Crippen LogP contribution < -0.4 is 15.5 Å². The van der Waals surface area contributed by atoms with Crippen LogP contribution in [-0.2, 0) is 9.59 Å². The molecule has 13 heteroatoms. The van der Waals surface area contributed by atoms with Crippen molar-refractivity contribution in [2.24, 2.45) is 5.73 Å². The van der Waals surface area contributed by atoms with Gasteiger partial charge in [-0.25, -0.2) is 4.79 Å². The summed E-state index contributed by atoms with van der Waals surface area (Å²) in [6, 6.07) is 11.9. The quantitative estimate of drug-likeness (QED) is 0.564. The van der Waals surface area contributed by atoms with Crippen LogP contribution in [0.5, 0.6) is 0 Å². The summed E-state index contributed by atoms with van der Waals surface area (Å²) in [5.41, 5.74) is 6.43. The van der Waals surface area contributed by atoms with Gasteiger partial charge < -0.3 is 20.6 Å². The standard InChI is InChI=1S/C25H35N7O.C2HF3O2/c1-17-27-23(30-11-13-31(14-12-30)25(2,3)22(26)33)29-24(28-17)32-20-9-10-21(32)16-19(15-20)18-7-5-4-6-8-18;3-2(4,5)1(6)7/h4-8,19-21H,9-16H2,1-3H3,(H2,26,33);(H,6,7)/t19?,20-,21+;. The number of nitrogens with two attached hydrogens (primary N) is 1.